The third-order valence-electron chi connectivity index (χ3n) is 7.28. The molecule has 2 nitrogen and oxygen atoms in total. The standard InChI is InChI=1S/C34H20N2S/c1-2-8-21(9-3-1)33-34-32(25-11-5-4-10-24(25)20-35-34)27-16-14-23(19-29(27)36-33)22-15-17-31-28(18-22)26-12-6-7-13-30(26)37-31/h1-20H. The molecule has 0 bridgehead atoms. The molecule has 8 rings (SSSR count). The van der Waals surface area contributed by atoms with Crippen LogP contribution in [-0.4, -0.2) is 9.97 Å². The first-order valence-corrected chi connectivity index (χ1v) is 13.2. The molecule has 37 heavy (non-hydrogen) atoms. The smallest absolute Gasteiger partial charge is 0.0978 e. The number of hydrogen-bond donors (Lipinski definition) is 0. The number of aromatic nitrogens is 2. The van der Waals surface area contributed by atoms with E-state index in [0.717, 1.165) is 38.4 Å². The molecule has 0 fully saturated rings. The molecule has 0 radical (unpaired) electrons. The van der Waals surface area contributed by atoms with Gasteiger partial charge in [0.15, 0.2) is 0 Å². The zero-order valence-corrected chi connectivity index (χ0v) is 20.7. The summed E-state index contributed by atoms with van der Waals surface area (Å²) in [5, 5.41) is 7.26. The highest BCUT2D eigenvalue weighted by Crippen LogP contribution is 2.39. The summed E-state index contributed by atoms with van der Waals surface area (Å²) in [5.41, 5.74) is 6.30. The van der Waals surface area contributed by atoms with Gasteiger partial charge in [-0.1, -0.05) is 91.0 Å². The van der Waals surface area contributed by atoms with Crippen molar-refractivity contribution < 1.29 is 0 Å². The Morgan fingerprint density at radius 1 is 0.514 bits per heavy atom. The second kappa shape index (κ2) is 7.95. The van der Waals surface area contributed by atoms with Crippen LogP contribution in [0.4, 0.5) is 0 Å². The molecule has 8 aromatic rings. The predicted molar refractivity (Wildman–Crippen MR) is 158 cm³/mol. The largest absolute Gasteiger partial charge is 0.253 e. The van der Waals surface area contributed by atoms with Gasteiger partial charge in [-0.25, -0.2) is 4.98 Å². The van der Waals surface area contributed by atoms with Crippen LogP contribution in [0.5, 0.6) is 0 Å². The lowest BCUT2D eigenvalue weighted by atomic mass is 9.96. The summed E-state index contributed by atoms with van der Waals surface area (Å²) in [6.07, 6.45) is 1.96. The van der Waals surface area contributed by atoms with E-state index in [1.165, 1.54) is 36.7 Å². The van der Waals surface area contributed by atoms with Gasteiger partial charge in [-0.15, -0.1) is 11.3 Å². The molecule has 0 amide bonds. The van der Waals surface area contributed by atoms with E-state index in [1.807, 2.05) is 23.6 Å². The monoisotopic (exact) mass is 488 g/mol. The van der Waals surface area contributed by atoms with Crippen LogP contribution in [0.25, 0.3) is 75.1 Å². The first kappa shape index (κ1) is 20.6. The fraction of sp³-hybridized carbons (Fsp3) is 0. The molecule has 0 unspecified atom stereocenters. The molecule has 0 saturated carbocycles. The van der Waals surface area contributed by atoms with Crippen LogP contribution in [0.3, 0.4) is 0 Å². The van der Waals surface area contributed by atoms with E-state index in [4.69, 9.17) is 9.97 Å². The van der Waals surface area contributed by atoms with Crippen molar-refractivity contribution in [2.45, 2.75) is 0 Å². The second-order valence-corrected chi connectivity index (χ2v) is 10.5. The van der Waals surface area contributed by atoms with Crippen LogP contribution in [0.1, 0.15) is 0 Å². The molecular weight excluding hydrogens is 468 g/mol. The molecule has 172 valence electrons. The average Bonchev–Trinajstić information content (AvgIpc) is 3.34. The van der Waals surface area contributed by atoms with Crippen molar-refractivity contribution >= 4 is 64.1 Å². The van der Waals surface area contributed by atoms with Crippen molar-refractivity contribution in [3.05, 3.63) is 121 Å². The highest BCUT2D eigenvalue weighted by Gasteiger charge is 2.15. The Morgan fingerprint density at radius 3 is 2.16 bits per heavy atom. The van der Waals surface area contributed by atoms with Gasteiger partial charge in [0.25, 0.3) is 0 Å². The van der Waals surface area contributed by atoms with Gasteiger partial charge in [0.05, 0.1) is 16.7 Å². The Morgan fingerprint density at radius 2 is 1.24 bits per heavy atom. The molecule has 3 heterocycles. The quantitative estimate of drug-likeness (QED) is 0.226. The van der Waals surface area contributed by atoms with E-state index in [1.54, 1.807) is 0 Å². The average molecular weight is 489 g/mol. The maximum Gasteiger partial charge on any atom is 0.0978 e. The molecule has 0 aliphatic heterocycles. The fourth-order valence-electron chi connectivity index (χ4n) is 5.51. The van der Waals surface area contributed by atoms with E-state index < -0.39 is 0 Å². The van der Waals surface area contributed by atoms with Crippen molar-refractivity contribution in [2.75, 3.05) is 0 Å². The van der Waals surface area contributed by atoms with Crippen molar-refractivity contribution in [1.29, 1.82) is 0 Å². The number of hydrogen-bond acceptors (Lipinski definition) is 3. The third-order valence-corrected chi connectivity index (χ3v) is 8.43. The van der Waals surface area contributed by atoms with E-state index in [2.05, 4.69) is 109 Å². The second-order valence-electron chi connectivity index (χ2n) is 9.44. The predicted octanol–water partition coefficient (Wildman–Crippen LogP) is 9.64. The lowest BCUT2D eigenvalue weighted by Crippen LogP contribution is -1.93. The first-order chi connectivity index (χ1) is 18.3. The highest BCUT2D eigenvalue weighted by atomic mass is 32.1. The summed E-state index contributed by atoms with van der Waals surface area (Å²) in [6.45, 7) is 0. The SMILES string of the molecule is c1ccc(-c2nc3cc(-c4ccc5sc6ccccc6c5c4)ccc3c3c2ncc2ccccc23)cc1. The van der Waals surface area contributed by atoms with Crippen molar-refractivity contribution in [3.8, 4) is 22.4 Å². The Labute approximate surface area is 217 Å². The van der Waals surface area contributed by atoms with Crippen LogP contribution in [0, 0.1) is 0 Å². The van der Waals surface area contributed by atoms with Crippen molar-refractivity contribution in [1.82, 2.24) is 9.97 Å². The summed E-state index contributed by atoms with van der Waals surface area (Å²) >= 11 is 1.85. The number of nitrogens with zero attached hydrogens (tertiary/aromatic N) is 2. The van der Waals surface area contributed by atoms with Gasteiger partial charge in [-0.3, -0.25) is 4.98 Å². The molecular formula is C34H20N2S. The number of fused-ring (bicyclic) bond motifs is 8. The lowest BCUT2D eigenvalue weighted by molar-refractivity contribution is 1.37. The van der Waals surface area contributed by atoms with Gasteiger partial charge in [0.1, 0.15) is 0 Å². The Hall–Kier alpha value is -4.60. The van der Waals surface area contributed by atoms with Crippen LogP contribution < -0.4 is 0 Å². The topological polar surface area (TPSA) is 25.8 Å². The van der Waals surface area contributed by atoms with E-state index >= 15 is 0 Å². The maximum atomic E-state index is 5.21. The number of rotatable bonds is 2. The number of pyridine rings is 2. The number of thiophene rings is 1. The third kappa shape index (κ3) is 3.18. The van der Waals surface area contributed by atoms with E-state index in [9.17, 15) is 0 Å². The molecule has 3 aromatic heterocycles. The molecule has 0 N–H and O–H groups in total. The summed E-state index contributed by atoms with van der Waals surface area (Å²) in [7, 11) is 0. The van der Waals surface area contributed by atoms with Crippen LogP contribution in [-0.2, 0) is 0 Å². The van der Waals surface area contributed by atoms with Crippen molar-refractivity contribution in [3.63, 3.8) is 0 Å². The van der Waals surface area contributed by atoms with E-state index in [-0.39, 0.29) is 0 Å². The van der Waals surface area contributed by atoms with Crippen LogP contribution in [0.2, 0.25) is 0 Å². The lowest BCUT2D eigenvalue weighted by Gasteiger charge is -2.13. The molecule has 0 aliphatic carbocycles. The van der Waals surface area contributed by atoms with Gasteiger partial charge in [-0.05, 0) is 40.8 Å². The molecule has 0 aliphatic rings. The Balaban J connectivity index is 1.43. The van der Waals surface area contributed by atoms with Crippen LogP contribution in [0.15, 0.2) is 121 Å². The highest BCUT2D eigenvalue weighted by molar-refractivity contribution is 7.25. The Bertz CT molecular complexity index is 2140. The first-order valence-electron chi connectivity index (χ1n) is 12.4. The number of benzene rings is 5. The normalized spacial score (nSPS) is 11.8. The Kier molecular flexibility index (Phi) is 4.42. The minimum atomic E-state index is 0.922. The van der Waals surface area contributed by atoms with Gasteiger partial charge < -0.3 is 0 Å². The molecule has 5 aromatic carbocycles. The molecule has 0 saturated heterocycles. The van der Waals surface area contributed by atoms with Gasteiger partial charge >= 0.3 is 0 Å². The van der Waals surface area contributed by atoms with Gasteiger partial charge in [-0.2, -0.15) is 0 Å². The van der Waals surface area contributed by atoms with E-state index in [0.29, 0.717) is 0 Å². The molecule has 0 spiro atoms. The minimum Gasteiger partial charge on any atom is -0.253 e. The maximum absolute atomic E-state index is 5.21. The minimum absolute atomic E-state index is 0.922. The summed E-state index contributed by atoms with van der Waals surface area (Å²) in [4.78, 5) is 10.1. The zero-order chi connectivity index (χ0) is 24.3. The van der Waals surface area contributed by atoms with Crippen molar-refractivity contribution in [2.24, 2.45) is 0 Å². The summed E-state index contributed by atoms with van der Waals surface area (Å²) in [5.74, 6) is 0. The fourth-order valence-corrected chi connectivity index (χ4v) is 6.59. The molecule has 3 heteroatoms. The van der Waals surface area contributed by atoms with Gasteiger partial charge in [0, 0.05) is 48.1 Å². The van der Waals surface area contributed by atoms with Gasteiger partial charge in [0.2, 0.25) is 0 Å². The molecule has 0 atom stereocenters. The zero-order valence-electron chi connectivity index (χ0n) is 19.8. The summed E-state index contributed by atoms with van der Waals surface area (Å²) in [6, 6.07) is 41.0. The van der Waals surface area contributed by atoms with Crippen LogP contribution >= 0.6 is 11.3 Å². The summed E-state index contributed by atoms with van der Waals surface area (Å²) < 4.78 is 2.65.